The summed E-state index contributed by atoms with van der Waals surface area (Å²) < 4.78 is 6.66. The molecule has 0 aliphatic rings. The highest BCUT2D eigenvalue weighted by molar-refractivity contribution is 9.10. The van der Waals surface area contributed by atoms with E-state index in [2.05, 4.69) is 57.3 Å². The number of halogens is 1. The number of aromatic nitrogens is 2. The highest BCUT2D eigenvalue weighted by Crippen LogP contribution is 2.27. The third-order valence-corrected chi connectivity index (χ3v) is 5.48. The minimum atomic E-state index is -0.269. The molecule has 2 heterocycles. The molecule has 4 rings (SSSR count). The van der Waals surface area contributed by atoms with E-state index >= 15 is 0 Å². The molecule has 0 bridgehead atoms. The third-order valence-electron chi connectivity index (χ3n) is 4.84. The fourth-order valence-corrected chi connectivity index (χ4v) is 3.69. The van der Waals surface area contributed by atoms with Gasteiger partial charge in [0.1, 0.15) is 5.52 Å². The highest BCUT2D eigenvalue weighted by atomic mass is 79.9. The monoisotopic (exact) mass is 508 g/mol. The average molecular weight is 509 g/mol. The fraction of sp³-hybridized carbons (Fsp3) is 0.167. The lowest BCUT2D eigenvalue weighted by Gasteiger charge is -2.19. The van der Waals surface area contributed by atoms with Gasteiger partial charge in [-0.05, 0) is 75.5 Å². The van der Waals surface area contributed by atoms with Crippen molar-refractivity contribution in [3.05, 3.63) is 76.5 Å². The van der Waals surface area contributed by atoms with E-state index in [0.29, 0.717) is 28.2 Å². The molecule has 0 unspecified atom stereocenters. The van der Waals surface area contributed by atoms with Gasteiger partial charge in [0.15, 0.2) is 10.7 Å². The van der Waals surface area contributed by atoms with E-state index in [1.165, 1.54) is 0 Å². The minimum absolute atomic E-state index is 0.0268. The Hall–Kier alpha value is -3.10. The maximum atomic E-state index is 12.5. The molecule has 4 aromatic rings. The van der Waals surface area contributed by atoms with Crippen LogP contribution >= 0.6 is 28.1 Å². The molecule has 2 aromatic carbocycles. The Bertz CT molecular complexity index is 1310. The number of nitrogens with zero attached hydrogens (tertiary/aromatic N) is 2. The lowest BCUT2D eigenvalue weighted by molar-refractivity contribution is 0.0977. The second-order valence-electron chi connectivity index (χ2n) is 8.33. The number of nitrogens with one attached hydrogen (secondary N) is 2. The number of oxazole rings is 1. The zero-order valence-corrected chi connectivity index (χ0v) is 20.2. The number of benzene rings is 2. The quantitative estimate of drug-likeness (QED) is 0.326. The van der Waals surface area contributed by atoms with Crippen LogP contribution in [0.25, 0.3) is 22.6 Å². The molecular formula is C24H21BrN4O2S. The Kier molecular flexibility index (Phi) is 6.08. The number of carbonyl (C=O) groups excluding carboxylic acids is 1. The fourth-order valence-electron chi connectivity index (χ4n) is 3.12. The summed E-state index contributed by atoms with van der Waals surface area (Å²) in [6, 6.07) is 14.8. The summed E-state index contributed by atoms with van der Waals surface area (Å²) in [7, 11) is 0. The van der Waals surface area contributed by atoms with Crippen LogP contribution in [0, 0.1) is 0 Å². The molecule has 0 radical (unpaired) electrons. The number of hydrogen-bond acceptors (Lipinski definition) is 5. The predicted octanol–water partition coefficient (Wildman–Crippen LogP) is 6.08. The first kappa shape index (κ1) is 22.1. The standard InChI is InChI=1S/C24H21BrN4O2S/c1-24(2,3)16-6-4-14(5-7-16)21(30)29-23(32)27-18-8-9-20-19(11-18)28-22(31-20)15-10-17(25)13-26-12-15/h4-13H,1-3H3,(H2,27,29,30,32). The van der Waals surface area contributed by atoms with Crippen LogP contribution in [-0.2, 0) is 5.41 Å². The molecule has 8 heteroatoms. The van der Waals surface area contributed by atoms with Crippen molar-refractivity contribution < 1.29 is 9.21 Å². The molecule has 0 fully saturated rings. The first-order valence-electron chi connectivity index (χ1n) is 9.93. The third kappa shape index (κ3) is 5.03. The molecule has 0 atom stereocenters. The van der Waals surface area contributed by atoms with Crippen LogP contribution in [0.1, 0.15) is 36.7 Å². The van der Waals surface area contributed by atoms with Gasteiger partial charge in [-0.25, -0.2) is 4.98 Å². The molecule has 0 saturated heterocycles. The molecule has 0 aliphatic heterocycles. The van der Waals surface area contributed by atoms with Gasteiger partial charge in [-0.1, -0.05) is 32.9 Å². The normalized spacial score (nSPS) is 11.4. The number of thiocarbonyl (C=S) groups is 1. The molecule has 1 amide bonds. The van der Waals surface area contributed by atoms with Crippen LogP contribution < -0.4 is 10.6 Å². The van der Waals surface area contributed by atoms with Crippen molar-refractivity contribution in [3.63, 3.8) is 0 Å². The van der Waals surface area contributed by atoms with Crippen molar-refractivity contribution in [3.8, 4) is 11.5 Å². The van der Waals surface area contributed by atoms with E-state index in [0.717, 1.165) is 15.6 Å². The van der Waals surface area contributed by atoms with Gasteiger partial charge in [-0.2, -0.15) is 0 Å². The van der Waals surface area contributed by atoms with Gasteiger partial charge in [-0.15, -0.1) is 0 Å². The number of fused-ring (bicyclic) bond motifs is 1. The Morgan fingerprint density at radius 3 is 2.50 bits per heavy atom. The van der Waals surface area contributed by atoms with Gasteiger partial charge in [0.25, 0.3) is 5.91 Å². The minimum Gasteiger partial charge on any atom is -0.436 e. The largest absolute Gasteiger partial charge is 0.436 e. The van der Waals surface area contributed by atoms with E-state index in [1.54, 1.807) is 30.6 Å². The Morgan fingerprint density at radius 1 is 1.06 bits per heavy atom. The van der Waals surface area contributed by atoms with Crippen LogP contribution in [0.5, 0.6) is 0 Å². The lowest BCUT2D eigenvalue weighted by atomic mass is 9.87. The Balaban J connectivity index is 1.44. The summed E-state index contributed by atoms with van der Waals surface area (Å²) in [5.74, 6) is 0.204. The summed E-state index contributed by atoms with van der Waals surface area (Å²) in [5, 5.41) is 5.94. The van der Waals surface area contributed by atoms with Crippen molar-refractivity contribution in [2.75, 3.05) is 5.32 Å². The Morgan fingerprint density at radius 2 is 1.81 bits per heavy atom. The van der Waals surface area contributed by atoms with Crippen LogP contribution in [0.2, 0.25) is 0 Å². The smallest absolute Gasteiger partial charge is 0.257 e. The molecular weight excluding hydrogens is 488 g/mol. The molecule has 2 aromatic heterocycles. The van der Waals surface area contributed by atoms with E-state index < -0.39 is 0 Å². The summed E-state index contributed by atoms with van der Waals surface area (Å²) in [4.78, 5) is 21.2. The lowest BCUT2D eigenvalue weighted by Crippen LogP contribution is -2.34. The summed E-state index contributed by atoms with van der Waals surface area (Å²) >= 11 is 8.72. The van der Waals surface area contributed by atoms with Crippen LogP contribution in [-0.4, -0.2) is 21.0 Å². The zero-order valence-electron chi connectivity index (χ0n) is 17.8. The molecule has 2 N–H and O–H groups in total. The molecule has 0 spiro atoms. The number of amides is 1. The molecule has 6 nitrogen and oxygen atoms in total. The van der Waals surface area contributed by atoms with Crippen LogP contribution in [0.3, 0.4) is 0 Å². The van der Waals surface area contributed by atoms with Gasteiger partial charge in [0, 0.05) is 28.1 Å². The van der Waals surface area contributed by atoms with Gasteiger partial charge < -0.3 is 9.73 Å². The number of carbonyl (C=O) groups is 1. The van der Waals surface area contributed by atoms with Gasteiger partial charge in [0.05, 0.1) is 5.56 Å². The Labute approximate surface area is 199 Å². The summed E-state index contributed by atoms with van der Waals surface area (Å²) in [6.45, 7) is 6.39. The van der Waals surface area contributed by atoms with Crippen LogP contribution in [0.15, 0.2) is 69.8 Å². The molecule has 32 heavy (non-hydrogen) atoms. The van der Waals surface area contributed by atoms with Crippen molar-refractivity contribution in [1.29, 1.82) is 0 Å². The summed E-state index contributed by atoms with van der Waals surface area (Å²) in [5.41, 5.74) is 4.49. The number of rotatable bonds is 3. The number of hydrogen-bond donors (Lipinski definition) is 2. The topological polar surface area (TPSA) is 80.0 Å². The van der Waals surface area contributed by atoms with Crippen molar-refractivity contribution in [1.82, 2.24) is 15.3 Å². The van der Waals surface area contributed by atoms with E-state index in [9.17, 15) is 4.79 Å². The van der Waals surface area contributed by atoms with Gasteiger partial charge in [0.2, 0.25) is 5.89 Å². The average Bonchev–Trinajstić information content (AvgIpc) is 3.16. The predicted molar refractivity (Wildman–Crippen MR) is 134 cm³/mol. The second kappa shape index (κ2) is 8.80. The van der Waals surface area contributed by atoms with Crippen molar-refractivity contribution in [2.24, 2.45) is 0 Å². The molecule has 0 saturated carbocycles. The molecule has 0 aliphatic carbocycles. The van der Waals surface area contributed by atoms with Crippen molar-refractivity contribution >= 4 is 56.0 Å². The summed E-state index contributed by atoms with van der Waals surface area (Å²) in [6.07, 6.45) is 3.38. The van der Waals surface area contributed by atoms with Crippen LogP contribution in [0.4, 0.5) is 5.69 Å². The maximum Gasteiger partial charge on any atom is 0.257 e. The first-order valence-corrected chi connectivity index (χ1v) is 11.1. The highest BCUT2D eigenvalue weighted by Gasteiger charge is 2.15. The van der Waals surface area contributed by atoms with Gasteiger partial charge >= 0.3 is 0 Å². The first-order chi connectivity index (χ1) is 15.2. The second-order valence-corrected chi connectivity index (χ2v) is 9.65. The zero-order chi connectivity index (χ0) is 22.9. The number of pyridine rings is 1. The molecule has 162 valence electrons. The maximum absolute atomic E-state index is 12.5. The van der Waals surface area contributed by atoms with E-state index in [1.807, 2.05) is 30.3 Å². The van der Waals surface area contributed by atoms with E-state index in [4.69, 9.17) is 16.6 Å². The van der Waals surface area contributed by atoms with Crippen molar-refractivity contribution in [2.45, 2.75) is 26.2 Å². The number of anilines is 1. The SMILES string of the molecule is CC(C)(C)c1ccc(C(=O)NC(=S)Nc2ccc3oc(-c4cncc(Br)c4)nc3c2)cc1. The van der Waals surface area contributed by atoms with E-state index in [-0.39, 0.29) is 16.4 Å². The van der Waals surface area contributed by atoms with Gasteiger partial charge in [-0.3, -0.25) is 15.1 Å².